The molecule has 4 nitrogen and oxygen atoms in total. The lowest BCUT2D eigenvalue weighted by atomic mass is 10.0. The molecule has 0 atom stereocenters. The van der Waals surface area contributed by atoms with Gasteiger partial charge in [-0.1, -0.05) is 6.92 Å². The standard InChI is InChI=1S/C15H22N2O2/c1-2-9-17-10-7-13(8-11-17)16-15(18)6-5-14-4-3-12-19-14/h3-6,12-13H,2,7-11H2,1H3,(H,16,18)/p+1/b6-5+. The summed E-state index contributed by atoms with van der Waals surface area (Å²) in [4.78, 5) is 13.4. The van der Waals surface area contributed by atoms with Crippen LogP contribution in [0.1, 0.15) is 31.9 Å². The Labute approximate surface area is 114 Å². The molecule has 2 rings (SSSR count). The average Bonchev–Trinajstić information content (AvgIpc) is 2.92. The number of carbonyl (C=O) groups excluding carboxylic acids is 1. The number of carbonyl (C=O) groups is 1. The van der Waals surface area contributed by atoms with Crippen molar-refractivity contribution >= 4 is 12.0 Å². The topological polar surface area (TPSA) is 46.7 Å². The fourth-order valence-electron chi connectivity index (χ4n) is 2.57. The van der Waals surface area contributed by atoms with Gasteiger partial charge in [-0.15, -0.1) is 0 Å². The van der Waals surface area contributed by atoms with Gasteiger partial charge in [-0.25, -0.2) is 0 Å². The predicted octanol–water partition coefficient (Wildman–Crippen LogP) is 0.866. The highest BCUT2D eigenvalue weighted by atomic mass is 16.3. The number of rotatable bonds is 5. The first kappa shape index (κ1) is 13.9. The van der Waals surface area contributed by atoms with E-state index in [9.17, 15) is 4.79 Å². The number of furan rings is 1. The largest absolute Gasteiger partial charge is 0.465 e. The van der Waals surface area contributed by atoms with Gasteiger partial charge >= 0.3 is 0 Å². The van der Waals surface area contributed by atoms with Gasteiger partial charge in [0.25, 0.3) is 0 Å². The third-order valence-electron chi connectivity index (χ3n) is 3.58. The lowest BCUT2D eigenvalue weighted by molar-refractivity contribution is -0.905. The van der Waals surface area contributed by atoms with E-state index in [1.165, 1.54) is 26.1 Å². The summed E-state index contributed by atoms with van der Waals surface area (Å²) in [6, 6.07) is 3.97. The lowest BCUT2D eigenvalue weighted by Gasteiger charge is -2.29. The van der Waals surface area contributed by atoms with Crippen LogP contribution < -0.4 is 10.2 Å². The molecule has 1 aromatic heterocycles. The summed E-state index contributed by atoms with van der Waals surface area (Å²) in [5.41, 5.74) is 0. The van der Waals surface area contributed by atoms with Crippen molar-refractivity contribution in [3.63, 3.8) is 0 Å². The number of likely N-dealkylation sites (tertiary alicyclic amines) is 1. The van der Waals surface area contributed by atoms with Gasteiger partial charge in [0.2, 0.25) is 5.91 Å². The van der Waals surface area contributed by atoms with Gasteiger partial charge in [0.1, 0.15) is 5.76 Å². The second kappa shape index (κ2) is 7.14. The molecule has 0 bridgehead atoms. The van der Waals surface area contributed by atoms with Gasteiger partial charge in [0.05, 0.1) is 25.9 Å². The Bertz CT molecular complexity index is 404. The van der Waals surface area contributed by atoms with Crippen LogP contribution in [0.2, 0.25) is 0 Å². The normalized spacial score (nSPS) is 23.6. The molecule has 0 saturated carbocycles. The third-order valence-corrected chi connectivity index (χ3v) is 3.58. The molecule has 1 aromatic rings. The van der Waals surface area contributed by atoms with Gasteiger partial charge in [0.15, 0.2) is 0 Å². The van der Waals surface area contributed by atoms with E-state index in [1.54, 1.807) is 23.3 Å². The molecule has 1 aliphatic rings. The number of piperidine rings is 1. The molecule has 1 saturated heterocycles. The van der Waals surface area contributed by atoms with Crippen LogP contribution in [0.4, 0.5) is 0 Å². The molecule has 19 heavy (non-hydrogen) atoms. The molecule has 0 spiro atoms. The quantitative estimate of drug-likeness (QED) is 0.774. The molecule has 0 unspecified atom stereocenters. The number of nitrogens with one attached hydrogen (secondary N) is 2. The van der Waals surface area contributed by atoms with E-state index in [-0.39, 0.29) is 5.91 Å². The van der Waals surface area contributed by atoms with E-state index in [0.717, 1.165) is 12.8 Å². The van der Waals surface area contributed by atoms with E-state index in [0.29, 0.717) is 11.8 Å². The van der Waals surface area contributed by atoms with E-state index in [1.807, 2.05) is 12.1 Å². The summed E-state index contributed by atoms with van der Waals surface area (Å²) in [5, 5.41) is 3.06. The monoisotopic (exact) mass is 263 g/mol. The molecule has 104 valence electrons. The minimum absolute atomic E-state index is 0.0275. The van der Waals surface area contributed by atoms with Crippen molar-refractivity contribution in [2.24, 2.45) is 0 Å². The molecule has 2 heterocycles. The van der Waals surface area contributed by atoms with Crippen LogP contribution >= 0.6 is 0 Å². The second-order valence-electron chi connectivity index (χ2n) is 5.13. The fraction of sp³-hybridized carbons (Fsp3) is 0.533. The average molecular weight is 263 g/mol. The highest BCUT2D eigenvalue weighted by Crippen LogP contribution is 2.03. The van der Waals surface area contributed by atoms with Crippen LogP contribution in [0.3, 0.4) is 0 Å². The molecule has 1 fully saturated rings. The van der Waals surface area contributed by atoms with Gasteiger partial charge in [-0.05, 0) is 24.6 Å². The van der Waals surface area contributed by atoms with Crippen LogP contribution in [0.25, 0.3) is 6.08 Å². The van der Waals surface area contributed by atoms with E-state index < -0.39 is 0 Å². The molecular weight excluding hydrogens is 240 g/mol. The molecule has 2 N–H and O–H groups in total. The van der Waals surface area contributed by atoms with Gasteiger partial charge in [-0.3, -0.25) is 4.79 Å². The minimum Gasteiger partial charge on any atom is -0.465 e. The molecule has 0 radical (unpaired) electrons. The molecule has 1 amide bonds. The second-order valence-corrected chi connectivity index (χ2v) is 5.13. The minimum atomic E-state index is -0.0275. The van der Waals surface area contributed by atoms with Gasteiger partial charge in [0, 0.05) is 25.0 Å². The lowest BCUT2D eigenvalue weighted by Crippen LogP contribution is -3.13. The Hall–Kier alpha value is -1.55. The number of amides is 1. The van der Waals surface area contributed by atoms with Crippen molar-refractivity contribution in [1.29, 1.82) is 0 Å². The first-order chi connectivity index (χ1) is 9.28. The van der Waals surface area contributed by atoms with Gasteiger partial charge in [-0.2, -0.15) is 0 Å². The van der Waals surface area contributed by atoms with Crippen molar-refractivity contribution < 1.29 is 14.1 Å². The Balaban J connectivity index is 1.72. The maximum absolute atomic E-state index is 11.8. The Morgan fingerprint density at radius 1 is 1.53 bits per heavy atom. The van der Waals surface area contributed by atoms with Crippen molar-refractivity contribution in [3.8, 4) is 0 Å². The van der Waals surface area contributed by atoms with Crippen LogP contribution in [0.5, 0.6) is 0 Å². The number of hydrogen-bond donors (Lipinski definition) is 2. The summed E-state index contributed by atoms with van der Waals surface area (Å²) in [6.45, 7) is 5.81. The highest BCUT2D eigenvalue weighted by Gasteiger charge is 2.21. The van der Waals surface area contributed by atoms with Crippen LogP contribution in [-0.4, -0.2) is 31.6 Å². The summed E-state index contributed by atoms with van der Waals surface area (Å²) in [6.07, 6.45) is 8.24. The summed E-state index contributed by atoms with van der Waals surface area (Å²) >= 11 is 0. The van der Waals surface area contributed by atoms with E-state index in [2.05, 4.69) is 12.2 Å². The molecule has 4 heteroatoms. The maximum atomic E-state index is 11.8. The zero-order valence-electron chi connectivity index (χ0n) is 11.5. The first-order valence-electron chi connectivity index (χ1n) is 7.13. The zero-order chi connectivity index (χ0) is 13.5. The molecular formula is C15H23N2O2+. The summed E-state index contributed by atoms with van der Waals surface area (Å²) in [7, 11) is 0. The van der Waals surface area contributed by atoms with Crippen LogP contribution in [0.15, 0.2) is 28.9 Å². The molecule has 0 aliphatic carbocycles. The number of hydrogen-bond acceptors (Lipinski definition) is 2. The van der Waals surface area contributed by atoms with Crippen LogP contribution in [0, 0.1) is 0 Å². The highest BCUT2D eigenvalue weighted by molar-refractivity contribution is 5.91. The molecule has 0 aromatic carbocycles. The summed E-state index contributed by atoms with van der Waals surface area (Å²) in [5.74, 6) is 0.678. The summed E-state index contributed by atoms with van der Waals surface area (Å²) < 4.78 is 5.14. The predicted molar refractivity (Wildman–Crippen MR) is 74.8 cm³/mol. The van der Waals surface area contributed by atoms with Crippen molar-refractivity contribution in [2.45, 2.75) is 32.2 Å². The first-order valence-corrected chi connectivity index (χ1v) is 7.13. The fourth-order valence-corrected chi connectivity index (χ4v) is 2.57. The zero-order valence-corrected chi connectivity index (χ0v) is 11.5. The Kier molecular flexibility index (Phi) is 5.21. The van der Waals surface area contributed by atoms with Crippen molar-refractivity contribution in [3.05, 3.63) is 30.2 Å². The van der Waals surface area contributed by atoms with Crippen LogP contribution in [-0.2, 0) is 4.79 Å². The van der Waals surface area contributed by atoms with E-state index in [4.69, 9.17) is 4.42 Å². The maximum Gasteiger partial charge on any atom is 0.244 e. The molecule has 1 aliphatic heterocycles. The third kappa shape index (κ3) is 4.56. The Morgan fingerprint density at radius 3 is 2.95 bits per heavy atom. The number of quaternary nitrogens is 1. The van der Waals surface area contributed by atoms with Gasteiger partial charge < -0.3 is 14.6 Å². The van der Waals surface area contributed by atoms with Crippen molar-refractivity contribution in [1.82, 2.24) is 5.32 Å². The van der Waals surface area contributed by atoms with E-state index >= 15 is 0 Å². The SMILES string of the molecule is CCC[NH+]1CCC(NC(=O)/C=C/c2ccco2)CC1. The Morgan fingerprint density at radius 2 is 2.32 bits per heavy atom. The van der Waals surface area contributed by atoms with Crippen molar-refractivity contribution in [2.75, 3.05) is 19.6 Å². The smallest absolute Gasteiger partial charge is 0.244 e.